The third-order valence-electron chi connectivity index (χ3n) is 2.58. The Morgan fingerprint density at radius 2 is 2.35 bits per heavy atom. The molecule has 2 atom stereocenters. The van der Waals surface area contributed by atoms with Gasteiger partial charge >= 0.3 is 0 Å². The molecule has 0 saturated carbocycles. The molecular weight excluding hydrogens is 278 g/mol. The van der Waals surface area contributed by atoms with E-state index in [9.17, 15) is 8.42 Å². The number of hydrogen-bond donors (Lipinski definition) is 4. The van der Waals surface area contributed by atoms with Gasteiger partial charge in [-0.05, 0) is 18.6 Å². The summed E-state index contributed by atoms with van der Waals surface area (Å²) in [6.07, 6.45) is 1.01. The zero-order valence-electron chi connectivity index (χ0n) is 9.09. The number of thiol groups is 1. The maximum Gasteiger partial charge on any atom is 0.274 e. The van der Waals surface area contributed by atoms with Crippen molar-refractivity contribution in [2.24, 2.45) is 5.14 Å². The van der Waals surface area contributed by atoms with Gasteiger partial charge < -0.3 is 5.32 Å². The molecule has 96 valence electrons. The van der Waals surface area contributed by atoms with Crippen molar-refractivity contribution in [1.82, 2.24) is 10.0 Å². The molecular formula is C9H15N3O2S3. The number of nitrogens with two attached hydrogens (primary N) is 1. The maximum atomic E-state index is 10.8. The van der Waals surface area contributed by atoms with Gasteiger partial charge in [0.2, 0.25) is 0 Å². The van der Waals surface area contributed by atoms with Crippen LogP contribution in [0.4, 0.5) is 0 Å². The van der Waals surface area contributed by atoms with E-state index in [1.807, 2.05) is 12.1 Å². The van der Waals surface area contributed by atoms with Crippen LogP contribution in [0.25, 0.3) is 0 Å². The van der Waals surface area contributed by atoms with E-state index in [-0.39, 0.29) is 6.54 Å². The van der Waals surface area contributed by atoms with Crippen LogP contribution in [0.2, 0.25) is 0 Å². The molecule has 1 aliphatic heterocycles. The van der Waals surface area contributed by atoms with Crippen LogP contribution in [0.1, 0.15) is 22.2 Å². The van der Waals surface area contributed by atoms with Gasteiger partial charge in [-0.3, -0.25) is 0 Å². The maximum absolute atomic E-state index is 10.8. The van der Waals surface area contributed by atoms with Crippen molar-refractivity contribution >= 4 is 34.2 Å². The number of thiophene rings is 1. The molecule has 2 rings (SSSR count). The minimum atomic E-state index is -3.61. The summed E-state index contributed by atoms with van der Waals surface area (Å²) in [5.74, 6) is 0. The zero-order valence-corrected chi connectivity index (χ0v) is 11.6. The van der Waals surface area contributed by atoms with E-state index in [1.54, 1.807) is 11.3 Å². The van der Waals surface area contributed by atoms with E-state index in [2.05, 4.69) is 22.7 Å². The Labute approximate surface area is 110 Å². The lowest BCUT2D eigenvalue weighted by Crippen LogP contribution is -2.29. The summed E-state index contributed by atoms with van der Waals surface area (Å²) in [6.45, 7) is 1.16. The summed E-state index contributed by atoms with van der Waals surface area (Å²) in [4.78, 5) is 2.17. The Kier molecular flexibility index (Phi) is 4.11. The summed E-state index contributed by atoms with van der Waals surface area (Å²) in [6, 6.07) is 4.28. The lowest BCUT2D eigenvalue weighted by molar-refractivity contribution is 0.583. The Morgan fingerprint density at radius 1 is 1.59 bits per heavy atom. The predicted octanol–water partition coefficient (Wildman–Crippen LogP) is 0.374. The highest BCUT2D eigenvalue weighted by atomic mass is 32.2. The van der Waals surface area contributed by atoms with Crippen LogP contribution < -0.4 is 15.2 Å². The van der Waals surface area contributed by atoms with Crippen LogP contribution in [0.15, 0.2) is 12.1 Å². The van der Waals surface area contributed by atoms with Gasteiger partial charge in [0, 0.05) is 34.1 Å². The molecule has 1 unspecified atom stereocenters. The monoisotopic (exact) mass is 293 g/mol. The molecule has 8 heteroatoms. The van der Waals surface area contributed by atoms with Gasteiger partial charge in [0.25, 0.3) is 10.2 Å². The third-order valence-corrected chi connectivity index (χ3v) is 4.72. The SMILES string of the molecule is NS(=O)(=O)NCc1ccc(C2C[C@H](S)CN2)s1. The van der Waals surface area contributed by atoms with E-state index in [0.29, 0.717) is 11.3 Å². The largest absolute Gasteiger partial charge is 0.308 e. The van der Waals surface area contributed by atoms with Crippen LogP contribution in [-0.4, -0.2) is 20.2 Å². The molecule has 0 radical (unpaired) electrons. The highest BCUT2D eigenvalue weighted by Gasteiger charge is 2.23. The Balaban J connectivity index is 1.96. The first kappa shape index (κ1) is 13.3. The Hall–Kier alpha value is -0.120. The van der Waals surface area contributed by atoms with Crippen molar-refractivity contribution in [3.63, 3.8) is 0 Å². The second-order valence-corrected chi connectivity index (χ2v) is 7.33. The normalized spacial score (nSPS) is 25.3. The van der Waals surface area contributed by atoms with Crippen molar-refractivity contribution in [1.29, 1.82) is 0 Å². The highest BCUT2D eigenvalue weighted by molar-refractivity contribution is 7.87. The summed E-state index contributed by atoms with van der Waals surface area (Å²) in [5, 5.41) is 8.65. The third kappa shape index (κ3) is 3.94. The summed E-state index contributed by atoms with van der Waals surface area (Å²) < 4.78 is 23.8. The van der Waals surface area contributed by atoms with Gasteiger partial charge in [-0.25, -0.2) is 5.14 Å². The first-order valence-electron chi connectivity index (χ1n) is 5.21. The molecule has 0 bridgehead atoms. The van der Waals surface area contributed by atoms with Crippen LogP contribution in [0, 0.1) is 0 Å². The number of hydrogen-bond acceptors (Lipinski definition) is 5. The minimum absolute atomic E-state index is 0.251. The molecule has 1 aromatic heterocycles. The second kappa shape index (κ2) is 5.25. The zero-order chi connectivity index (χ0) is 12.5. The van der Waals surface area contributed by atoms with Crippen molar-refractivity contribution in [3.8, 4) is 0 Å². The number of rotatable bonds is 4. The van der Waals surface area contributed by atoms with E-state index < -0.39 is 10.2 Å². The summed E-state index contributed by atoms with van der Waals surface area (Å²) in [5.41, 5.74) is 0. The van der Waals surface area contributed by atoms with Crippen molar-refractivity contribution in [2.45, 2.75) is 24.3 Å². The number of nitrogens with one attached hydrogen (secondary N) is 2. The molecule has 0 aromatic carbocycles. The first-order valence-corrected chi connectivity index (χ1v) is 8.09. The quantitative estimate of drug-likeness (QED) is 0.605. The topological polar surface area (TPSA) is 84.2 Å². The van der Waals surface area contributed by atoms with Crippen LogP contribution >= 0.6 is 24.0 Å². The van der Waals surface area contributed by atoms with E-state index in [4.69, 9.17) is 5.14 Å². The standard InChI is InChI=1S/C9H15N3O2S3/c10-17(13,14)12-5-7-1-2-9(16-7)8-3-6(15)4-11-8/h1-2,6,8,11-12,15H,3-5H2,(H2,10,13,14)/t6-,8?/m0/s1. The lowest BCUT2D eigenvalue weighted by Gasteiger charge is -2.06. The first-order chi connectivity index (χ1) is 7.94. The van der Waals surface area contributed by atoms with Crippen LogP contribution in [-0.2, 0) is 16.8 Å². The van der Waals surface area contributed by atoms with E-state index in [0.717, 1.165) is 17.8 Å². The fourth-order valence-corrected chi connectivity index (χ4v) is 3.59. The van der Waals surface area contributed by atoms with Gasteiger partial charge in [-0.2, -0.15) is 25.8 Å². The fourth-order valence-electron chi connectivity index (χ4n) is 1.78. The molecule has 17 heavy (non-hydrogen) atoms. The molecule has 0 aliphatic carbocycles. The van der Waals surface area contributed by atoms with Gasteiger partial charge in [0.15, 0.2) is 0 Å². The van der Waals surface area contributed by atoms with Gasteiger partial charge in [0.05, 0.1) is 0 Å². The molecule has 4 N–H and O–H groups in total. The van der Waals surface area contributed by atoms with Crippen LogP contribution in [0.5, 0.6) is 0 Å². The summed E-state index contributed by atoms with van der Waals surface area (Å²) >= 11 is 6.02. The van der Waals surface area contributed by atoms with Crippen molar-refractivity contribution < 1.29 is 8.42 Å². The molecule has 0 amide bonds. The van der Waals surface area contributed by atoms with Gasteiger partial charge in [0.1, 0.15) is 0 Å². The highest BCUT2D eigenvalue weighted by Crippen LogP contribution is 2.31. The van der Waals surface area contributed by atoms with Crippen molar-refractivity contribution in [2.75, 3.05) is 6.54 Å². The van der Waals surface area contributed by atoms with E-state index in [1.165, 1.54) is 4.88 Å². The molecule has 1 fully saturated rings. The lowest BCUT2D eigenvalue weighted by atomic mass is 10.2. The average molecular weight is 293 g/mol. The predicted molar refractivity (Wildman–Crippen MR) is 72.4 cm³/mol. The van der Waals surface area contributed by atoms with Gasteiger partial charge in [-0.1, -0.05) is 0 Å². The Bertz CT molecular complexity index is 485. The molecule has 1 saturated heterocycles. The average Bonchev–Trinajstić information content (AvgIpc) is 2.81. The summed E-state index contributed by atoms with van der Waals surface area (Å²) in [7, 11) is -3.61. The molecule has 1 aromatic rings. The second-order valence-electron chi connectivity index (χ2n) is 4.02. The van der Waals surface area contributed by atoms with Crippen molar-refractivity contribution in [3.05, 3.63) is 21.9 Å². The van der Waals surface area contributed by atoms with Gasteiger partial charge in [-0.15, -0.1) is 11.3 Å². The molecule has 2 heterocycles. The Morgan fingerprint density at radius 3 is 2.94 bits per heavy atom. The smallest absolute Gasteiger partial charge is 0.274 e. The molecule has 5 nitrogen and oxygen atoms in total. The molecule has 0 spiro atoms. The van der Waals surface area contributed by atoms with E-state index >= 15 is 0 Å². The minimum Gasteiger partial charge on any atom is -0.308 e. The van der Waals surface area contributed by atoms with Crippen LogP contribution in [0.3, 0.4) is 0 Å². The fraction of sp³-hybridized carbons (Fsp3) is 0.556. The molecule has 1 aliphatic rings.